The van der Waals surface area contributed by atoms with Gasteiger partial charge in [0.1, 0.15) is 5.75 Å². The number of rotatable bonds is 5. The van der Waals surface area contributed by atoms with Gasteiger partial charge in [0.25, 0.3) is 5.91 Å². The molecular weight excluding hydrogens is 294 g/mol. The van der Waals surface area contributed by atoms with Crippen molar-refractivity contribution in [1.29, 1.82) is 0 Å². The number of nitrogens with zero attached hydrogens (tertiary/aromatic N) is 1. The van der Waals surface area contributed by atoms with E-state index < -0.39 is 5.97 Å². The first-order valence-corrected chi connectivity index (χ1v) is 7.51. The Balaban J connectivity index is 2.56. The molecule has 0 spiro atoms. The number of hydrogen-bond acceptors (Lipinski definition) is 4. The number of hydrogen-bond donors (Lipinski definition) is 0. The van der Waals surface area contributed by atoms with Crippen molar-refractivity contribution in [3.05, 3.63) is 46.7 Å². The summed E-state index contributed by atoms with van der Waals surface area (Å²) in [6.07, 6.45) is 2.49. The molecule has 1 aliphatic heterocycles. The molecule has 23 heavy (non-hydrogen) atoms. The molecule has 2 rings (SSSR count). The maximum absolute atomic E-state index is 12.7. The highest BCUT2D eigenvalue weighted by Crippen LogP contribution is 2.33. The summed E-state index contributed by atoms with van der Waals surface area (Å²) in [6.45, 7) is 4.32. The third-order valence-electron chi connectivity index (χ3n) is 3.79. The normalized spacial score (nSPS) is 16.3. The molecule has 5 heteroatoms. The van der Waals surface area contributed by atoms with Gasteiger partial charge in [-0.25, -0.2) is 4.79 Å². The number of ether oxygens (including phenoxy) is 2. The Kier molecular flexibility index (Phi) is 5.21. The van der Waals surface area contributed by atoms with Crippen LogP contribution in [0.15, 0.2) is 41.1 Å². The van der Waals surface area contributed by atoms with Crippen LogP contribution in [0.4, 0.5) is 0 Å². The first kappa shape index (κ1) is 16.8. The zero-order valence-electron chi connectivity index (χ0n) is 13.9. The Labute approximate surface area is 136 Å². The summed E-state index contributed by atoms with van der Waals surface area (Å²) in [5.74, 6) is -0.0464. The van der Waals surface area contributed by atoms with E-state index in [1.807, 2.05) is 31.2 Å². The van der Waals surface area contributed by atoms with Gasteiger partial charge in [-0.2, -0.15) is 0 Å². The average Bonchev–Trinajstić information content (AvgIpc) is 2.79. The molecule has 0 bridgehead atoms. The van der Waals surface area contributed by atoms with E-state index in [1.54, 1.807) is 25.0 Å². The first-order valence-electron chi connectivity index (χ1n) is 7.51. The van der Waals surface area contributed by atoms with Crippen LogP contribution in [0, 0.1) is 0 Å². The molecule has 1 aliphatic rings. The summed E-state index contributed by atoms with van der Waals surface area (Å²) >= 11 is 0. The van der Waals surface area contributed by atoms with E-state index in [0.717, 1.165) is 12.0 Å². The van der Waals surface area contributed by atoms with E-state index in [1.165, 1.54) is 7.11 Å². The summed E-state index contributed by atoms with van der Waals surface area (Å²) in [7, 11) is 2.88. The lowest BCUT2D eigenvalue weighted by Gasteiger charge is -2.16. The van der Waals surface area contributed by atoms with Crippen LogP contribution >= 0.6 is 0 Å². The van der Waals surface area contributed by atoms with Crippen molar-refractivity contribution in [1.82, 2.24) is 4.90 Å². The van der Waals surface area contributed by atoms with Crippen LogP contribution in [0.1, 0.15) is 25.8 Å². The molecule has 1 heterocycles. The average molecular weight is 315 g/mol. The van der Waals surface area contributed by atoms with Crippen molar-refractivity contribution < 1.29 is 19.1 Å². The lowest BCUT2D eigenvalue weighted by molar-refractivity contribution is -0.136. The number of amides is 1. The van der Waals surface area contributed by atoms with Crippen molar-refractivity contribution in [3.8, 4) is 5.75 Å². The highest BCUT2D eigenvalue weighted by atomic mass is 16.5. The molecule has 5 nitrogen and oxygen atoms in total. The van der Waals surface area contributed by atoms with Crippen LogP contribution in [0.2, 0.25) is 0 Å². The number of benzene rings is 1. The number of carbonyl (C=O) groups is 2. The highest BCUT2D eigenvalue weighted by molar-refractivity contribution is 6.16. The number of allylic oxidation sites excluding steroid dienone is 1. The standard InChI is InChI=1S/C18H21NO4/c1-5-10-19-12(2)16(18(21)23-4)14(17(19)20)11-13-8-6-7-9-15(13)22-3/h6-9,11H,5,10H2,1-4H3/b14-11-. The van der Waals surface area contributed by atoms with E-state index in [-0.39, 0.29) is 5.91 Å². The van der Waals surface area contributed by atoms with Crippen LogP contribution in [0.25, 0.3) is 6.08 Å². The Morgan fingerprint density at radius 2 is 1.96 bits per heavy atom. The molecule has 0 unspecified atom stereocenters. The monoisotopic (exact) mass is 315 g/mol. The van der Waals surface area contributed by atoms with Gasteiger partial charge in [0.15, 0.2) is 0 Å². The van der Waals surface area contributed by atoms with Gasteiger partial charge in [-0.05, 0) is 25.5 Å². The SMILES string of the molecule is CCCN1C(=O)/C(=C\c2ccccc2OC)C(C(=O)OC)=C1C. The molecule has 0 N–H and O–H groups in total. The van der Waals surface area contributed by atoms with Crippen molar-refractivity contribution in [3.63, 3.8) is 0 Å². The fraction of sp³-hybridized carbons (Fsp3) is 0.333. The fourth-order valence-electron chi connectivity index (χ4n) is 2.66. The minimum Gasteiger partial charge on any atom is -0.496 e. The zero-order valence-corrected chi connectivity index (χ0v) is 13.9. The van der Waals surface area contributed by atoms with Crippen LogP contribution in [0.5, 0.6) is 5.75 Å². The van der Waals surface area contributed by atoms with E-state index in [4.69, 9.17) is 9.47 Å². The Hall–Kier alpha value is -2.56. The molecule has 0 saturated heterocycles. The van der Waals surface area contributed by atoms with Gasteiger partial charge < -0.3 is 14.4 Å². The molecule has 1 aromatic rings. The maximum Gasteiger partial charge on any atom is 0.340 e. The molecule has 0 atom stereocenters. The fourth-order valence-corrected chi connectivity index (χ4v) is 2.66. The minimum absolute atomic E-state index is 0.185. The lowest BCUT2D eigenvalue weighted by atomic mass is 10.0. The third-order valence-corrected chi connectivity index (χ3v) is 3.79. The van der Waals surface area contributed by atoms with Crippen molar-refractivity contribution in [2.45, 2.75) is 20.3 Å². The zero-order chi connectivity index (χ0) is 17.0. The van der Waals surface area contributed by atoms with Crippen LogP contribution in [0.3, 0.4) is 0 Å². The molecule has 0 aliphatic carbocycles. The quantitative estimate of drug-likeness (QED) is 0.619. The van der Waals surface area contributed by atoms with Crippen molar-refractivity contribution >= 4 is 18.0 Å². The number of esters is 1. The highest BCUT2D eigenvalue weighted by Gasteiger charge is 2.36. The first-order chi connectivity index (χ1) is 11.0. The third kappa shape index (κ3) is 3.13. The van der Waals surface area contributed by atoms with Gasteiger partial charge in [0.05, 0.1) is 25.4 Å². The van der Waals surface area contributed by atoms with E-state index in [9.17, 15) is 9.59 Å². The number of carbonyl (C=O) groups excluding carboxylic acids is 2. The largest absolute Gasteiger partial charge is 0.496 e. The lowest BCUT2D eigenvalue weighted by Crippen LogP contribution is -2.25. The van der Waals surface area contributed by atoms with Gasteiger partial charge in [-0.1, -0.05) is 25.1 Å². The molecule has 1 aromatic carbocycles. The summed E-state index contributed by atoms with van der Waals surface area (Å²) in [5, 5.41) is 0. The number of methoxy groups -OCH3 is 2. The molecule has 0 radical (unpaired) electrons. The molecule has 0 fully saturated rings. The Morgan fingerprint density at radius 1 is 1.26 bits per heavy atom. The topological polar surface area (TPSA) is 55.8 Å². The van der Waals surface area contributed by atoms with Crippen molar-refractivity contribution in [2.24, 2.45) is 0 Å². The molecule has 1 amide bonds. The second kappa shape index (κ2) is 7.13. The predicted octanol–water partition coefficient (Wildman–Crippen LogP) is 2.78. The van der Waals surface area contributed by atoms with E-state index in [2.05, 4.69) is 0 Å². The van der Waals surface area contributed by atoms with E-state index in [0.29, 0.717) is 29.1 Å². The minimum atomic E-state index is -0.504. The summed E-state index contributed by atoms with van der Waals surface area (Å²) in [5.41, 5.74) is 2.03. The van der Waals surface area contributed by atoms with Crippen LogP contribution in [-0.2, 0) is 14.3 Å². The second-order valence-electron chi connectivity index (χ2n) is 5.21. The molecular formula is C18H21NO4. The summed E-state index contributed by atoms with van der Waals surface area (Å²) < 4.78 is 10.2. The molecule has 0 aromatic heterocycles. The van der Waals surface area contributed by atoms with Crippen LogP contribution in [-0.4, -0.2) is 37.5 Å². The number of para-hydroxylation sites is 1. The van der Waals surface area contributed by atoms with Gasteiger partial charge >= 0.3 is 5.97 Å². The van der Waals surface area contributed by atoms with Gasteiger partial charge in [-0.3, -0.25) is 4.79 Å². The summed E-state index contributed by atoms with van der Waals surface area (Å²) in [4.78, 5) is 26.5. The Bertz CT molecular complexity index is 688. The van der Waals surface area contributed by atoms with Gasteiger partial charge in [-0.15, -0.1) is 0 Å². The summed E-state index contributed by atoms with van der Waals surface area (Å²) in [6, 6.07) is 7.35. The smallest absolute Gasteiger partial charge is 0.340 e. The van der Waals surface area contributed by atoms with Gasteiger partial charge in [0.2, 0.25) is 0 Å². The second-order valence-corrected chi connectivity index (χ2v) is 5.21. The van der Waals surface area contributed by atoms with E-state index >= 15 is 0 Å². The van der Waals surface area contributed by atoms with Crippen molar-refractivity contribution in [2.75, 3.05) is 20.8 Å². The van der Waals surface area contributed by atoms with Crippen LogP contribution < -0.4 is 4.74 Å². The molecule has 0 saturated carbocycles. The predicted molar refractivity (Wildman–Crippen MR) is 87.7 cm³/mol. The molecule has 122 valence electrons. The van der Waals surface area contributed by atoms with Gasteiger partial charge in [0, 0.05) is 17.8 Å². The Morgan fingerprint density at radius 3 is 2.57 bits per heavy atom. The maximum atomic E-state index is 12.7.